The van der Waals surface area contributed by atoms with Crippen molar-refractivity contribution >= 4 is 40.9 Å². The lowest BCUT2D eigenvalue weighted by Gasteiger charge is -2.29. The number of hydrogen-bond donors (Lipinski definition) is 2. The van der Waals surface area contributed by atoms with Crippen molar-refractivity contribution in [2.75, 3.05) is 0 Å². The van der Waals surface area contributed by atoms with Crippen molar-refractivity contribution in [3.05, 3.63) is 33.4 Å². The van der Waals surface area contributed by atoms with Crippen LogP contribution in [0.25, 0.3) is 0 Å². The van der Waals surface area contributed by atoms with Crippen LogP contribution in [0.2, 0.25) is 0 Å². The first-order chi connectivity index (χ1) is 8.72. The van der Waals surface area contributed by atoms with E-state index < -0.39 is 0 Å². The van der Waals surface area contributed by atoms with Crippen molar-refractivity contribution < 1.29 is 4.79 Å². The number of piperidine rings is 1. The molecule has 0 radical (unpaired) electrons. The lowest BCUT2D eigenvalue weighted by atomic mass is 9.99. The Bertz CT molecular complexity index is 457. The minimum Gasteiger partial charge on any atom is -0.349 e. The number of carbonyl (C=O) groups excluding carboxylic acids is 1. The number of amides is 1. The molecule has 2 N–H and O–H groups in total. The van der Waals surface area contributed by atoms with Crippen molar-refractivity contribution in [3.8, 4) is 0 Å². The average molecular weight is 393 g/mol. The molecule has 1 aromatic carbocycles. The highest BCUT2D eigenvalue weighted by atomic mass is 127. The number of benzene rings is 1. The highest BCUT2D eigenvalue weighted by molar-refractivity contribution is 14.1. The van der Waals surface area contributed by atoms with Gasteiger partial charge in [0.25, 0.3) is 5.91 Å². The van der Waals surface area contributed by atoms with Gasteiger partial charge in [0.05, 0.1) is 5.56 Å². The predicted molar refractivity (Wildman–Crippen MR) is 86.8 cm³/mol. The molecule has 2 aliphatic heterocycles. The summed E-state index contributed by atoms with van der Waals surface area (Å²) >= 11 is 2.22. The van der Waals surface area contributed by atoms with E-state index >= 15 is 0 Å². The van der Waals surface area contributed by atoms with Crippen LogP contribution in [0.1, 0.15) is 36.0 Å². The summed E-state index contributed by atoms with van der Waals surface area (Å²) in [5, 5.41) is 6.78. The minimum atomic E-state index is 0. The summed E-state index contributed by atoms with van der Waals surface area (Å²) < 4.78 is 1.02. The molecular weight excluding hydrogens is 375 g/mol. The molecule has 2 atom stereocenters. The van der Waals surface area contributed by atoms with Gasteiger partial charge in [-0.15, -0.1) is 12.4 Å². The van der Waals surface area contributed by atoms with Crippen LogP contribution >= 0.6 is 35.0 Å². The van der Waals surface area contributed by atoms with Crippen molar-refractivity contribution in [1.82, 2.24) is 10.6 Å². The first kappa shape index (κ1) is 15.1. The number of fused-ring (bicyclic) bond motifs is 2. The van der Waals surface area contributed by atoms with E-state index in [0.717, 1.165) is 22.0 Å². The van der Waals surface area contributed by atoms with E-state index in [1.165, 1.54) is 12.8 Å². The van der Waals surface area contributed by atoms with Crippen molar-refractivity contribution in [2.45, 2.75) is 43.8 Å². The summed E-state index contributed by atoms with van der Waals surface area (Å²) in [5.41, 5.74) is 0.795. The Labute approximate surface area is 133 Å². The molecule has 1 amide bonds. The first-order valence-corrected chi connectivity index (χ1v) is 7.61. The predicted octanol–water partition coefficient (Wildman–Crippen LogP) is 2.73. The molecule has 0 aliphatic carbocycles. The molecule has 3 rings (SSSR count). The summed E-state index contributed by atoms with van der Waals surface area (Å²) in [6, 6.07) is 9.32. The SMILES string of the molecule is Cl.O=C(NC1CC2CCC(C1)N2)c1ccccc1I. The fourth-order valence-electron chi connectivity index (χ4n) is 3.08. The van der Waals surface area contributed by atoms with Gasteiger partial charge in [0.15, 0.2) is 0 Å². The van der Waals surface area contributed by atoms with Crippen molar-refractivity contribution in [2.24, 2.45) is 0 Å². The highest BCUT2D eigenvalue weighted by Crippen LogP contribution is 2.27. The van der Waals surface area contributed by atoms with Crippen molar-refractivity contribution in [3.63, 3.8) is 0 Å². The van der Waals surface area contributed by atoms with Crippen LogP contribution in [-0.2, 0) is 0 Å². The topological polar surface area (TPSA) is 41.1 Å². The van der Waals surface area contributed by atoms with E-state index in [-0.39, 0.29) is 18.3 Å². The van der Waals surface area contributed by atoms with Gasteiger partial charge in [0.2, 0.25) is 0 Å². The van der Waals surface area contributed by atoms with Gasteiger partial charge < -0.3 is 10.6 Å². The fraction of sp³-hybridized carbons (Fsp3) is 0.500. The molecule has 0 saturated carbocycles. The maximum Gasteiger partial charge on any atom is 0.252 e. The van der Waals surface area contributed by atoms with Gasteiger partial charge in [-0.1, -0.05) is 12.1 Å². The Balaban J connectivity index is 0.00000133. The fourth-order valence-corrected chi connectivity index (χ4v) is 3.72. The van der Waals surface area contributed by atoms with E-state index in [4.69, 9.17) is 0 Å². The molecule has 2 unspecified atom stereocenters. The summed E-state index contributed by atoms with van der Waals surface area (Å²) in [5.74, 6) is 0.0753. The van der Waals surface area contributed by atoms with E-state index in [1.54, 1.807) is 0 Å². The zero-order valence-electron chi connectivity index (χ0n) is 10.6. The Hall–Kier alpha value is -0.330. The van der Waals surface area contributed by atoms with Gasteiger partial charge >= 0.3 is 0 Å². The quantitative estimate of drug-likeness (QED) is 0.760. The molecule has 19 heavy (non-hydrogen) atoms. The molecule has 5 heteroatoms. The number of nitrogens with one attached hydrogen (secondary N) is 2. The summed E-state index contributed by atoms with van der Waals surface area (Å²) in [4.78, 5) is 12.2. The zero-order chi connectivity index (χ0) is 12.5. The van der Waals surface area contributed by atoms with Crippen LogP contribution in [0, 0.1) is 3.57 Å². The number of hydrogen-bond acceptors (Lipinski definition) is 2. The summed E-state index contributed by atoms with van der Waals surface area (Å²) in [6.07, 6.45) is 4.68. The highest BCUT2D eigenvalue weighted by Gasteiger charge is 2.34. The van der Waals surface area contributed by atoms with Crippen LogP contribution in [-0.4, -0.2) is 24.0 Å². The molecule has 2 bridgehead atoms. The third kappa shape index (κ3) is 3.41. The maximum absolute atomic E-state index is 12.2. The van der Waals surface area contributed by atoms with Crippen LogP contribution in [0.3, 0.4) is 0 Å². The van der Waals surface area contributed by atoms with Gasteiger partial charge in [-0.3, -0.25) is 4.79 Å². The van der Waals surface area contributed by atoms with E-state index in [1.807, 2.05) is 24.3 Å². The lowest BCUT2D eigenvalue weighted by Crippen LogP contribution is -2.48. The van der Waals surface area contributed by atoms with Gasteiger partial charge in [0.1, 0.15) is 0 Å². The van der Waals surface area contributed by atoms with Crippen LogP contribution in [0.4, 0.5) is 0 Å². The molecule has 0 aromatic heterocycles. The third-order valence-corrected chi connectivity index (χ3v) is 4.87. The van der Waals surface area contributed by atoms with Crippen LogP contribution < -0.4 is 10.6 Å². The van der Waals surface area contributed by atoms with E-state index in [0.29, 0.717) is 18.1 Å². The number of rotatable bonds is 2. The lowest BCUT2D eigenvalue weighted by molar-refractivity contribution is 0.0923. The Morgan fingerprint density at radius 1 is 1.21 bits per heavy atom. The maximum atomic E-state index is 12.2. The molecule has 0 spiro atoms. The number of halogens is 2. The minimum absolute atomic E-state index is 0. The van der Waals surface area contributed by atoms with Gasteiger partial charge in [-0.25, -0.2) is 0 Å². The average Bonchev–Trinajstić information content (AvgIpc) is 2.69. The van der Waals surface area contributed by atoms with Crippen LogP contribution in [0.5, 0.6) is 0 Å². The van der Waals surface area contributed by atoms with Gasteiger partial charge in [-0.2, -0.15) is 0 Å². The second-order valence-electron chi connectivity index (χ2n) is 5.26. The van der Waals surface area contributed by atoms with Crippen LogP contribution in [0.15, 0.2) is 24.3 Å². The molecule has 2 saturated heterocycles. The third-order valence-electron chi connectivity index (χ3n) is 3.93. The smallest absolute Gasteiger partial charge is 0.252 e. The Morgan fingerprint density at radius 3 is 2.47 bits per heavy atom. The largest absolute Gasteiger partial charge is 0.349 e. The summed E-state index contributed by atoms with van der Waals surface area (Å²) in [7, 11) is 0. The van der Waals surface area contributed by atoms with Gasteiger partial charge in [-0.05, 0) is 60.4 Å². The molecule has 2 aliphatic rings. The summed E-state index contributed by atoms with van der Waals surface area (Å²) in [6.45, 7) is 0. The molecule has 104 valence electrons. The molecule has 1 aromatic rings. The van der Waals surface area contributed by atoms with Gasteiger partial charge in [0, 0.05) is 21.7 Å². The van der Waals surface area contributed by atoms with Crippen molar-refractivity contribution in [1.29, 1.82) is 0 Å². The Kier molecular flexibility index (Phi) is 5.09. The second kappa shape index (κ2) is 6.41. The molecule has 3 nitrogen and oxygen atoms in total. The molecule has 2 heterocycles. The number of carbonyl (C=O) groups is 1. The first-order valence-electron chi connectivity index (χ1n) is 6.54. The monoisotopic (exact) mass is 392 g/mol. The normalized spacial score (nSPS) is 28.6. The van der Waals surface area contributed by atoms with E-state index in [9.17, 15) is 4.79 Å². The molecular formula is C14H18ClIN2O. The molecule has 2 fully saturated rings. The Morgan fingerprint density at radius 2 is 1.84 bits per heavy atom. The zero-order valence-corrected chi connectivity index (χ0v) is 13.5. The van der Waals surface area contributed by atoms with E-state index in [2.05, 4.69) is 33.2 Å². The second-order valence-corrected chi connectivity index (χ2v) is 6.42. The standard InChI is InChI=1S/C14H17IN2O.ClH/c15-13-4-2-1-3-12(13)14(18)17-11-7-9-5-6-10(8-11)16-9;/h1-4,9-11,16H,5-8H2,(H,17,18);1H.